The standard InChI is InChI=1S/C12H19N3O2S/c1-14-11-2-4-12(5-3-11)18(16,17)15-8-6-10(13)7-9-15/h2-5,10,14H,6-9,13H2,1H3. The van der Waals surface area contributed by atoms with Crippen LogP contribution in [0.5, 0.6) is 0 Å². The molecule has 0 aliphatic carbocycles. The first-order valence-corrected chi connectivity index (χ1v) is 7.51. The third-order valence-electron chi connectivity index (χ3n) is 3.28. The molecule has 0 atom stereocenters. The molecule has 0 amide bonds. The van der Waals surface area contributed by atoms with E-state index in [9.17, 15) is 8.42 Å². The van der Waals surface area contributed by atoms with Crippen LogP contribution in [0, 0.1) is 0 Å². The normalized spacial score (nSPS) is 18.8. The SMILES string of the molecule is CNc1ccc(S(=O)(=O)N2CCC(N)CC2)cc1. The van der Waals surface area contributed by atoms with Crippen molar-refractivity contribution in [3.05, 3.63) is 24.3 Å². The van der Waals surface area contributed by atoms with E-state index in [1.807, 2.05) is 0 Å². The Kier molecular flexibility index (Phi) is 3.89. The molecular weight excluding hydrogens is 250 g/mol. The van der Waals surface area contributed by atoms with Crippen LogP contribution in [0.4, 0.5) is 5.69 Å². The summed E-state index contributed by atoms with van der Waals surface area (Å²) >= 11 is 0. The number of sulfonamides is 1. The van der Waals surface area contributed by atoms with E-state index in [2.05, 4.69) is 5.32 Å². The Hall–Kier alpha value is -1.11. The largest absolute Gasteiger partial charge is 0.388 e. The molecule has 0 radical (unpaired) electrons. The molecule has 18 heavy (non-hydrogen) atoms. The minimum Gasteiger partial charge on any atom is -0.388 e. The second-order valence-electron chi connectivity index (χ2n) is 4.52. The summed E-state index contributed by atoms with van der Waals surface area (Å²) in [6.45, 7) is 1.02. The maximum Gasteiger partial charge on any atom is 0.243 e. The van der Waals surface area contributed by atoms with Crippen molar-refractivity contribution in [1.29, 1.82) is 0 Å². The fourth-order valence-corrected chi connectivity index (χ4v) is 3.53. The van der Waals surface area contributed by atoms with Crippen LogP contribution in [0.15, 0.2) is 29.2 Å². The summed E-state index contributed by atoms with van der Waals surface area (Å²) in [5.74, 6) is 0. The predicted molar refractivity (Wildman–Crippen MR) is 72.0 cm³/mol. The fourth-order valence-electron chi connectivity index (χ4n) is 2.06. The van der Waals surface area contributed by atoms with Crippen LogP contribution in [0.3, 0.4) is 0 Å². The van der Waals surface area contributed by atoms with E-state index in [-0.39, 0.29) is 6.04 Å². The summed E-state index contributed by atoms with van der Waals surface area (Å²) in [5.41, 5.74) is 6.68. The van der Waals surface area contributed by atoms with Crippen molar-refractivity contribution in [2.45, 2.75) is 23.8 Å². The van der Waals surface area contributed by atoms with Crippen molar-refractivity contribution in [2.24, 2.45) is 5.73 Å². The average Bonchev–Trinajstić information content (AvgIpc) is 2.39. The van der Waals surface area contributed by atoms with Gasteiger partial charge in [-0.05, 0) is 37.1 Å². The lowest BCUT2D eigenvalue weighted by atomic mass is 10.1. The summed E-state index contributed by atoms with van der Waals surface area (Å²) in [7, 11) is -1.56. The first-order chi connectivity index (χ1) is 8.54. The molecule has 100 valence electrons. The monoisotopic (exact) mass is 269 g/mol. The van der Waals surface area contributed by atoms with E-state index >= 15 is 0 Å². The number of nitrogens with one attached hydrogen (secondary N) is 1. The van der Waals surface area contributed by atoms with Crippen LogP contribution in [0.1, 0.15) is 12.8 Å². The van der Waals surface area contributed by atoms with Crippen LogP contribution in [0.25, 0.3) is 0 Å². The summed E-state index contributed by atoms with van der Waals surface area (Å²) < 4.78 is 26.2. The van der Waals surface area contributed by atoms with Crippen molar-refractivity contribution >= 4 is 15.7 Å². The minimum absolute atomic E-state index is 0.128. The lowest BCUT2D eigenvalue weighted by molar-refractivity contribution is 0.320. The van der Waals surface area contributed by atoms with Crippen LogP contribution in [-0.4, -0.2) is 38.9 Å². The topological polar surface area (TPSA) is 75.4 Å². The van der Waals surface area contributed by atoms with E-state index in [0.717, 1.165) is 18.5 Å². The molecule has 0 unspecified atom stereocenters. The van der Waals surface area contributed by atoms with Crippen molar-refractivity contribution in [1.82, 2.24) is 4.31 Å². The van der Waals surface area contributed by atoms with E-state index < -0.39 is 10.0 Å². The highest BCUT2D eigenvalue weighted by molar-refractivity contribution is 7.89. The lowest BCUT2D eigenvalue weighted by Crippen LogP contribution is -2.42. The molecule has 6 heteroatoms. The molecule has 1 aromatic rings. The molecule has 1 saturated heterocycles. The van der Waals surface area contributed by atoms with Gasteiger partial charge in [-0.1, -0.05) is 0 Å². The number of nitrogens with two attached hydrogens (primary N) is 1. The molecule has 1 fully saturated rings. The fraction of sp³-hybridized carbons (Fsp3) is 0.500. The summed E-state index contributed by atoms with van der Waals surface area (Å²) in [5, 5.41) is 2.97. The van der Waals surface area contributed by atoms with Crippen molar-refractivity contribution in [3.8, 4) is 0 Å². The Labute approximate surface area is 108 Å². The van der Waals surface area contributed by atoms with Gasteiger partial charge in [0.05, 0.1) is 4.90 Å². The number of hydrogen-bond donors (Lipinski definition) is 2. The predicted octanol–water partition coefficient (Wildman–Crippen LogP) is 0.840. The number of piperidine rings is 1. The highest BCUT2D eigenvalue weighted by Crippen LogP contribution is 2.21. The molecule has 1 aliphatic heterocycles. The van der Waals surface area contributed by atoms with Crippen LogP contribution < -0.4 is 11.1 Å². The highest BCUT2D eigenvalue weighted by Gasteiger charge is 2.27. The zero-order valence-corrected chi connectivity index (χ0v) is 11.3. The molecule has 5 nitrogen and oxygen atoms in total. The highest BCUT2D eigenvalue weighted by atomic mass is 32.2. The molecule has 0 saturated carbocycles. The molecule has 1 aliphatic rings. The van der Waals surface area contributed by atoms with Gasteiger partial charge in [-0.15, -0.1) is 0 Å². The summed E-state index contributed by atoms with van der Waals surface area (Å²) in [4.78, 5) is 0.344. The number of benzene rings is 1. The van der Waals surface area contributed by atoms with Gasteiger partial charge < -0.3 is 11.1 Å². The maximum atomic E-state index is 12.4. The van der Waals surface area contributed by atoms with Gasteiger partial charge in [-0.25, -0.2) is 8.42 Å². The Morgan fingerprint density at radius 2 is 1.78 bits per heavy atom. The third kappa shape index (κ3) is 2.66. The first kappa shape index (κ1) is 13.3. The zero-order chi connectivity index (χ0) is 13.2. The van der Waals surface area contributed by atoms with E-state index in [1.165, 1.54) is 4.31 Å². The Bertz CT molecular complexity index is 491. The average molecular weight is 269 g/mol. The van der Waals surface area contributed by atoms with Crippen molar-refractivity contribution in [2.75, 3.05) is 25.5 Å². The smallest absolute Gasteiger partial charge is 0.243 e. The van der Waals surface area contributed by atoms with Crippen molar-refractivity contribution < 1.29 is 8.42 Å². The van der Waals surface area contributed by atoms with E-state index in [4.69, 9.17) is 5.73 Å². The Morgan fingerprint density at radius 3 is 2.28 bits per heavy atom. The van der Waals surface area contributed by atoms with Gasteiger partial charge in [0.1, 0.15) is 0 Å². The molecule has 0 spiro atoms. The van der Waals surface area contributed by atoms with Crippen LogP contribution in [0.2, 0.25) is 0 Å². The third-order valence-corrected chi connectivity index (χ3v) is 5.19. The number of nitrogens with zero attached hydrogens (tertiary/aromatic N) is 1. The number of hydrogen-bond acceptors (Lipinski definition) is 4. The van der Waals surface area contributed by atoms with E-state index in [1.54, 1.807) is 31.3 Å². The number of rotatable bonds is 3. The zero-order valence-electron chi connectivity index (χ0n) is 10.5. The molecule has 1 aromatic carbocycles. The van der Waals surface area contributed by atoms with Gasteiger partial charge >= 0.3 is 0 Å². The van der Waals surface area contributed by atoms with Crippen LogP contribution in [-0.2, 0) is 10.0 Å². The van der Waals surface area contributed by atoms with Gasteiger partial charge in [-0.2, -0.15) is 4.31 Å². The van der Waals surface area contributed by atoms with Gasteiger partial charge in [0.2, 0.25) is 10.0 Å². The van der Waals surface area contributed by atoms with Crippen molar-refractivity contribution in [3.63, 3.8) is 0 Å². The Balaban J connectivity index is 2.19. The first-order valence-electron chi connectivity index (χ1n) is 6.07. The second kappa shape index (κ2) is 5.26. The summed E-state index contributed by atoms with van der Waals surface area (Å²) in [6.07, 6.45) is 1.46. The van der Waals surface area contributed by atoms with Gasteiger partial charge in [0.25, 0.3) is 0 Å². The quantitative estimate of drug-likeness (QED) is 0.852. The summed E-state index contributed by atoms with van der Waals surface area (Å²) in [6, 6.07) is 6.93. The molecule has 1 heterocycles. The Morgan fingerprint density at radius 1 is 1.22 bits per heavy atom. The molecular formula is C12H19N3O2S. The van der Waals surface area contributed by atoms with Gasteiger partial charge in [0.15, 0.2) is 0 Å². The van der Waals surface area contributed by atoms with E-state index in [0.29, 0.717) is 18.0 Å². The molecule has 3 N–H and O–H groups in total. The van der Waals surface area contributed by atoms with Crippen LogP contribution >= 0.6 is 0 Å². The molecule has 2 rings (SSSR count). The second-order valence-corrected chi connectivity index (χ2v) is 6.45. The molecule has 0 bridgehead atoms. The lowest BCUT2D eigenvalue weighted by Gasteiger charge is -2.29. The number of anilines is 1. The minimum atomic E-state index is -3.36. The van der Waals surface area contributed by atoms with Gasteiger partial charge in [-0.3, -0.25) is 0 Å². The van der Waals surface area contributed by atoms with Gasteiger partial charge in [0, 0.05) is 31.9 Å². The molecule has 0 aromatic heterocycles. The maximum absolute atomic E-state index is 12.4.